The zero-order valence-corrected chi connectivity index (χ0v) is 10.7. The van der Waals surface area contributed by atoms with E-state index in [1.165, 1.54) is 18.2 Å². The molecule has 1 N–H and O–H groups in total. The van der Waals surface area contributed by atoms with Gasteiger partial charge in [-0.1, -0.05) is 0 Å². The molecule has 2 heterocycles. The number of ether oxygens (including phenoxy) is 3. The minimum Gasteiger partial charge on any atom is -0.463 e. The number of aliphatic hydroxyl groups is 1. The van der Waals surface area contributed by atoms with Crippen LogP contribution in [0.1, 0.15) is 13.8 Å². The summed E-state index contributed by atoms with van der Waals surface area (Å²) in [6.45, 7) is 3.70. The van der Waals surface area contributed by atoms with Crippen molar-refractivity contribution in [3.8, 4) is 0 Å². The van der Waals surface area contributed by atoms with E-state index in [4.69, 9.17) is 14.2 Å². The van der Waals surface area contributed by atoms with E-state index in [1.807, 2.05) is 0 Å². The second kappa shape index (κ2) is 5.54. The van der Waals surface area contributed by atoms with Gasteiger partial charge in [0, 0.05) is 6.08 Å². The van der Waals surface area contributed by atoms with E-state index in [1.54, 1.807) is 13.8 Å². The van der Waals surface area contributed by atoms with Crippen LogP contribution in [0.15, 0.2) is 23.8 Å². The molecular formula is C13H16O6. The highest BCUT2D eigenvalue weighted by molar-refractivity contribution is 5.92. The van der Waals surface area contributed by atoms with Gasteiger partial charge in [-0.25, -0.2) is 9.59 Å². The van der Waals surface area contributed by atoms with Crippen molar-refractivity contribution < 1.29 is 28.9 Å². The average molecular weight is 268 g/mol. The molecule has 0 spiro atoms. The number of aliphatic hydroxyl groups excluding tert-OH is 1. The maximum atomic E-state index is 11.4. The quantitative estimate of drug-likeness (QED) is 0.577. The van der Waals surface area contributed by atoms with Crippen molar-refractivity contribution in [2.75, 3.05) is 6.61 Å². The summed E-state index contributed by atoms with van der Waals surface area (Å²) in [4.78, 5) is 22.6. The minimum absolute atomic E-state index is 0.281. The van der Waals surface area contributed by atoms with Crippen molar-refractivity contribution in [3.05, 3.63) is 23.8 Å². The highest BCUT2D eigenvalue weighted by atomic mass is 16.6. The first-order valence-electron chi connectivity index (χ1n) is 6.14. The molecule has 0 bridgehead atoms. The number of esters is 2. The smallest absolute Gasteiger partial charge is 0.336 e. The maximum absolute atomic E-state index is 11.4. The number of fused-ring (bicyclic) bond motifs is 1. The topological polar surface area (TPSA) is 82.1 Å². The lowest BCUT2D eigenvalue weighted by Gasteiger charge is -2.28. The summed E-state index contributed by atoms with van der Waals surface area (Å²) < 4.78 is 15.3. The molecule has 2 aliphatic heterocycles. The van der Waals surface area contributed by atoms with Crippen LogP contribution in [0.4, 0.5) is 0 Å². The maximum Gasteiger partial charge on any atom is 0.336 e. The molecule has 104 valence electrons. The Morgan fingerprint density at radius 1 is 1.58 bits per heavy atom. The molecule has 6 nitrogen and oxygen atoms in total. The summed E-state index contributed by atoms with van der Waals surface area (Å²) in [5.74, 6) is -0.968. The molecule has 2 rings (SSSR count). The van der Waals surface area contributed by atoms with E-state index in [-0.39, 0.29) is 6.61 Å². The largest absolute Gasteiger partial charge is 0.463 e. The third-order valence-corrected chi connectivity index (χ3v) is 2.96. The van der Waals surface area contributed by atoms with Crippen LogP contribution in [0.3, 0.4) is 0 Å². The van der Waals surface area contributed by atoms with E-state index in [2.05, 4.69) is 0 Å². The Kier molecular flexibility index (Phi) is 4.01. The van der Waals surface area contributed by atoms with Crippen LogP contribution in [0, 0.1) is 0 Å². The van der Waals surface area contributed by atoms with Crippen LogP contribution < -0.4 is 0 Å². The molecule has 19 heavy (non-hydrogen) atoms. The van der Waals surface area contributed by atoms with Gasteiger partial charge in [0.1, 0.15) is 24.4 Å². The van der Waals surface area contributed by atoms with Gasteiger partial charge >= 0.3 is 11.9 Å². The highest BCUT2D eigenvalue weighted by Crippen LogP contribution is 2.30. The number of cyclic esters (lactones) is 1. The van der Waals surface area contributed by atoms with Crippen molar-refractivity contribution in [1.29, 1.82) is 0 Å². The molecule has 0 aromatic heterocycles. The standard InChI is InChI=1S/C13H16O6/c1-3-17-11(15)5-4-10-9(14)6-8-12(19-10)7(2)18-13(8)16/h4-7,9-10,12,14H,3H2,1-2H3/b5-4+/t7-,9+,10+,12+/m0/s1. The van der Waals surface area contributed by atoms with Crippen LogP contribution in [-0.4, -0.2) is 48.1 Å². The number of carbonyl (C=O) groups excluding carboxylic acids is 2. The molecule has 0 radical (unpaired) electrons. The second-order valence-electron chi connectivity index (χ2n) is 4.36. The molecule has 6 heteroatoms. The second-order valence-corrected chi connectivity index (χ2v) is 4.36. The summed E-state index contributed by atoms with van der Waals surface area (Å²) in [5, 5.41) is 9.85. The Morgan fingerprint density at radius 3 is 3.00 bits per heavy atom. The molecule has 1 fully saturated rings. The molecule has 0 aromatic rings. The van der Waals surface area contributed by atoms with Gasteiger partial charge in [0.25, 0.3) is 0 Å². The predicted molar refractivity (Wildman–Crippen MR) is 64.1 cm³/mol. The van der Waals surface area contributed by atoms with E-state index in [0.717, 1.165) is 0 Å². The highest BCUT2D eigenvalue weighted by Gasteiger charge is 2.43. The monoisotopic (exact) mass is 268 g/mol. The third kappa shape index (κ3) is 2.85. The first kappa shape index (κ1) is 13.8. The van der Waals surface area contributed by atoms with Gasteiger partial charge in [-0.15, -0.1) is 0 Å². The average Bonchev–Trinajstić information content (AvgIpc) is 2.62. The van der Waals surface area contributed by atoms with Crippen LogP contribution >= 0.6 is 0 Å². The Balaban J connectivity index is 2.08. The van der Waals surface area contributed by atoms with Gasteiger partial charge in [-0.05, 0) is 26.0 Å². The molecule has 2 aliphatic rings. The molecule has 1 saturated heterocycles. The Morgan fingerprint density at radius 2 is 2.32 bits per heavy atom. The molecule has 0 amide bonds. The summed E-state index contributed by atoms with van der Waals surface area (Å²) in [5.41, 5.74) is 0.334. The van der Waals surface area contributed by atoms with E-state index >= 15 is 0 Å². The Hall–Kier alpha value is -1.66. The van der Waals surface area contributed by atoms with Gasteiger partial charge in [0.2, 0.25) is 0 Å². The fourth-order valence-electron chi connectivity index (χ4n) is 2.07. The molecule has 0 unspecified atom stereocenters. The summed E-state index contributed by atoms with van der Waals surface area (Å²) in [6.07, 6.45) is 1.45. The SMILES string of the molecule is CCOC(=O)/C=C/[C@H]1O[C@H]2C(=C[C@H]1O)C(=O)O[C@H]2C. The van der Waals surface area contributed by atoms with Gasteiger partial charge in [0.05, 0.1) is 12.2 Å². The molecular weight excluding hydrogens is 252 g/mol. The van der Waals surface area contributed by atoms with Gasteiger partial charge < -0.3 is 19.3 Å². The van der Waals surface area contributed by atoms with Crippen molar-refractivity contribution in [2.24, 2.45) is 0 Å². The van der Waals surface area contributed by atoms with E-state index in [9.17, 15) is 14.7 Å². The fourth-order valence-corrected chi connectivity index (χ4v) is 2.07. The molecule has 0 saturated carbocycles. The lowest BCUT2D eigenvalue weighted by molar-refractivity contribution is -0.139. The van der Waals surface area contributed by atoms with Gasteiger partial charge in [-0.2, -0.15) is 0 Å². The normalized spacial score (nSPS) is 33.8. The van der Waals surface area contributed by atoms with Crippen molar-refractivity contribution in [3.63, 3.8) is 0 Å². The first-order chi connectivity index (χ1) is 9.02. The number of hydrogen-bond donors (Lipinski definition) is 1. The zero-order valence-electron chi connectivity index (χ0n) is 10.7. The number of hydrogen-bond acceptors (Lipinski definition) is 6. The predicted octanol–water partition coefficient (Wildman–Crippen LogP) is 0.106. The van der Waals surface area contributed by atoms with E-state index in [0.29, 0.717) is 5.57 Å². The number of carbonyl (C=O) groups is 2. The lowest BCUT2D eigenvalue weighted by atomic mass is 9.99. The van der Waals surface area contributed by atoms with Crippen molar-refractivity contribution in [2.45, 2.75) is 38.3 Å². The lowest BCUT2D eigenvalue weighted by Crippen LogP contribution is -2.39. The minimum atomic E-state index is -0.991. The van der Waals surface area contributed by atoms with Gasteiger partial charge in [0.15, 0.2) is 0 Å². The van der Waals surface area contributed by atoms with Crippen molar-refractivity contribution in [1.82, 2.24) is 0 Å². The van der Waals surface area contributed by atoms with Crippen molar-refractivity contribution >= 4 is 11.9 Å². The summed E-state index contributed by atoms with van der Waals surface area (Å²) in [7, 11) is 0. The van der Waals surface area contributed by atoms with Crippen LogP contribution in [0.5, 0.6) is 0 Å². The fraction of sp³-hybridized carbons (Fsp3) is 0.538. The first-order valence-corrected chi connectivity index (χ1v) is 6.14. The molecule has 0 aromatic carbocycles. The third-order valence-electron chi connectivity index (χ3n) is 2.96. The summed E-state index contributed by atoms with van der Waals surface area (Å²) >= 11 is 0. The van der Waals surface area contributed by atoms with Crippen LogP contribution in [0.2, 0.25) is 0 Å². The zero-order chi connectivity index (χ0) is 14.0. The Labute approximate surface area is 110 Å². The van der Waals surface area contributed by atoms with Crippen LogP contribution in [-0.2, 0) is 23.8 Å². The van der Waals surface area contributed by atoms with E-state index < -0.39 is 36.4 Å². The molecule has 4 atom stereocenters. The summed E-state index contributed by atoms with van der Waals surface area (Å²) in [6, 6.07) is 0. The van der Waals surface area contributed by atoms with Gasteiger partial charge in [-0.3, -0.25) is 0 Å². The molecule has 0 aliphatic carbocycles. The van der Waals surface area contributed by atoms with Crippen LogP contribution in [0.25, 0.3) is 0 Å². The number of rotatable bonds is 3. The Bertz CT molecular complexity index is 438.